The highest BCUT2D eigenvalue weighted by Gasteiger charge is 2.34. The summed E-state index contributed by atoms with van der Waals surface area (Å²) in [6.07, 6.45) is -3.24. The molecular weight excluding hydrogens is 363 g/mol. The van der Waals surface area contributed by atoms with E-state index in [1.54, 1.807) is 4.90 Å². The number of nitrogens with zero attached hydrogens (tertiary/aromatic N) is 1. The number of carbonyl (C=O) groups excluding carboxylic acids is 2. The highest BCUT2D eigenvalue weighted by Crippen LogP contribution is 2.34. The van der Waals surface area contributed by atoms with Crippen molar-refractivity contribution >= 4 is 17.5 Å². The molecular formula is C18H23F3N3O3+. The van der Waals surface area contributed by atoms with Crippen molar-refractivity contribution < 1.29 is 32.4 Å². The highest BCUT2D eigenvalue weighted by atomic mass is 19.4. The van der Waals surface area contributed by atoms with Gasteiger partial charge in [-0.2, -0.15) is 13.2 Å². The van der Waals surface area contributed by atoms with Crippen LogP contribution in [0.15, 0.2) is 24.3 Å². The predicted octanol–water partition coefficient (Wildman–Crippen LogP) is 0.550. The maximum atomic E-state index is 13.0. The topological polar surface area (TPSA) is 63.1 Å². The van der Waals surface area contributed by atoms with Crippen LogP contribution in [0.25, 0.3) is 0 Å². The van der Waals surface area contributed by atoms with Crippen molar-refractivity contribution in [1.82, 2.24) is 4.90 Å². The molecule has 0 spiro atoms. The normalized spacial score (nSPS) is 21.3. The van der Waals surface area contributed by atoms with E-state index >= 15 is 0 Å². The molecule has 0 bridgehead atoms. The number of quaternary nitrogens is 1. The second kappa shape index (κ2) is 8.26. The summed E-state index contributed by atoms with van der Waals surface area (Å²) in [7, 11) is 0. The molecule has 2 amide bonds. The van der Waals surface area contributed by atoms with Crippen molar-refractivity contribution in [2.75, 3.05) is 44.6 Å². The van der Waals surface area contributed by atoms with Gasteiger partial charge < -0.3 is 19.9 Å². The Bertz CT molecular complexity index is 682. The Kier molecular flexibility index (Phi) is 6.01. The number of piperazine rings is 1. The maximum Gasteiger partial charge on any atom is 0.418 e. The molecule has 1 aromatic rings. The van der Waals surface area contributed by atoms with Crippen molar-refractivity contribution in [1.29, 1.82) is 0 Å². The van der Waals surface area contributed by atoms with Crippen molar-refractivity contribution in [3.8, 4) is 0 Å². The van der Waals surface area contributed by atoms with E-state index in [1.165, 1.54) is 18.2 Å². The molecule has 9 heteroatoms. The Morgan fingerprint density at radius 1 is 1.22 bits per heavy atom. The number of anilines is 1. The van der Waals surface area contributed by atoms with Crippen LogP contribution in [0.2, 0.25) is 0 Å². The van der Waals surface area contributed by atoms with E-state index in [0.717, 1.165) is 23.8 Å². The number of benzene rings is 1. The standard InChI is InChI=1S/C18H22F3N3O3/c19-18(20,21)13-4-1-2-5-14(13)22-16(25)12-23-7-9-24(10-8-23)17(26)15-6-3-11-27-15/h1-2,4-5,15H,3,6-12H2,(H,22,25)/p+1/t15-/m0/s1. The lowest BCUT2D eigenvalue weighted by Crippen LogP contribution is -3.15. The number of nitrogens with one attached hydrogen (secondary N) is 2. The van der Waals surface area contributed by atoms with E-state index in [9.17, 15) is 22.8 Å². The number of para-hydroxylation sites is 1. The third-order valence-electron chi connectivity index (χ3n) is 4.90. The minimum atomic E-state index is -4.52. The first-order valence-corrected chi connectivity index (χ1v) is 9.04. The lowest BCUT2D eigenvalue weighted by Gasteiger charge is -2.33. The Morgan fingerprint density at radius 3 is 2.56 bits per heavy atom. The van der Waals surface area contributed by atoms with Gasteiger partial charge in [0.05, 0.1) is 37.4 Å². The van der Waals surface area contributed by atoms with Gasteiger partial charge in [-0.3, -0.25) is 9.59 Å². The fourth-order valence-corrected chi connectivity index (χ4v) is 3.46. The summed E-state index contributed by atoms with van der Waals surface area (Å²) < 4.78 is 44.4. The summed E-state index contributed by atoms with van der Waals surface area (Å²) in [5.41, 5.74) is -1.10. The zero-order chi connectivity index (χ0) is 19.4. The molecule has 148 valence electrons. The summed E-state index contributed by atoms with van der Waals surface area (Å²) in [5, 5.41) is 2.36. The molecule has 2 fully saturated rings. The zero-order valence-corrected chi connectivity index (χ0v) is 14.8. The smallest absolute Gasteiger partial charge is 0.368 e. The van der Waals surface area contributed by atoms with Crippen molar-refractivity contribution in [2.24, 2.45) is 0 Å². The molecule has 0 radical (unpaired) electrons. The summed E-state index contributed by atoms with van der Waals surface area (Å²) in [4.78, 5) is 27.2. The molecule has 3 rings (SSSR count). The predicted molar refractivity (Wildman–Crippen MR) is 91.2 cm³/mol. The molecule has 0 unspecified atom stereocenters. The van der Waals surface area contributed by atoms with E-state index in [-0.39, 0.29) is 24.2 Å². The molecule has 27 heavy (non-hydrogen) atoms. The zero-order valence-electron chi connectivity index (χ0n) is 14.8. The van der Waals surface area contributed by atoms with Gasteiger partial charge in [0.15, 0.2) is 6.54 Å². The Hall–Kier alpha value is -2.13. The van der Waals surface area contributed by atoms with Crippen LogP contribution in [0.3, 0.4) is 0 Å². The van der Waals surface area contributed by atoms with Gasteiger partial charge in [-0.25, -0.2) is 0 Å². The number of amides is 2. The molecule has 0 aliphatic carbocycles. The quantitative estimate of drug-likeness (QED) is 0.795. The average molecular weight is 386 g/mol. The molecule has 1 atom stereocenters. The average Bonchev–Trinajstić information content (AvgIpc) is 3.16. The lowest BCUT2D eigenvalue weighted by molar-refractivity contribution is -0.895. The molecule has 0 saturated carbocycles. The molecule has 2 aliphatic rings. The van der Waals surface area contributed by atoms with Gasteiger partial charge in [0.1, 0.15) is 6.10 Å². The SMILES string of the molecule is O=C(C[NH+]1CCN(C(=O)[C@@H]2CCCO2)CC1)Nc1ccccc1C(F)(F)F. The lowest BCUT2D eigenvalue weighted by atomic mass is 10.1. The number of carbonyl (C=O) groups is 2. The number of halogens is 3. The second-order valence-corrected chi connectivity index (χ2v) is 6.85. The van der Waals surface area contributed by atoms with Crippen LogP contribution in [0.1, 0.15) is 18.4 Å². The van der Waals surface area contributed by atoms with E-state index in [2.05, 4.69) is 5.32 Å². The first-order valence-electron chi connectivity index (χ1n) is 9.04. The van der Waals surface area contributed by atoms with Crippen LogP contribution in [-0.2, 0) is 20.5 Å². The van der Waals surface area contributed by atoms with Crippen molar-refractivity contribution in [3.05, 3.63) is 29.8 Å². The van der Waals surface area contributed by atoms with Crippen LogP contribution < -0.4 is 10.2 Å². The van der Waals surface area contributed by atoms with Crippen LogP contribution >= 0.6 is 0 Å². The molecule has 2 saturated heterocycles. The van der Waals surface area contributed by atoms with Crippen LogP contribution in [0.5, 0.6) is 0 Å². The number of rotatable bonds is 4. The van der Waals surface area contributed by atoms with E-state index in [0.29, 0.717) is 32.8 Å². The number of alkyl halides is 3. The summed E-state index contributed by atoms with van der Waals surface area (Å²) in [6, 6.07) is 4.92. The number of hydrogen-bond acceptors (Lipinski definition) is 3. The second-order valence-electron chi connectivity index (χ2n) is 6.85. The molecule has 1 aromatic carbocycles. The van der Waals surface area contributed by atoms with E-state index in [4.69, 9.17) is 4.74 Å². The van der Waals surface area contributed by atoms with Crippen LogP contribution in [0.4, 0.5) is 18.9 Å². The fourth-order valence-electron chi connectivity index (χ4n) is 3.46. The van der Waals surface area contributed by atoms with Crippen LogP contribution in [-0.4, -0.2) is 62.1 Å². The monoisotopic (exact) mass is 386 g/mol. The van der Waals surface area contributed by atoms with E-state index < -0.39 is 17.6 Å². The summed E-state index contributed by atoms with van der Waals surface area (Å²) in [6.45, 7) is 2.86. The summed E-state index contributed by atoms with van der Waals surface area (Å²) in [5.74, 6) is -0.476. The molecule has 6 nitrogen and oxygen atoms in total. The van der Waals surface area contributed by atoms with Crippen molar-refractivity contribution in [3.63, 3.8) is 0 Å². The third kappa shape index (κ3) is 4.98. The first-order chi connectivity index (χ1) is 12.8. The van der Waals surface area contributed by atoms with Gasteiger partial charge in [-0.1, -0.05) is 12.1 Å². The molecule has 2 aliphatic heterocycles. The fraction of sp³-hybridized carbons (Fsp3) is 0.556. The van der Waals surface area contributed by atoms with E-state index in [1.807, 2.05) is 0 Å². The largest absolute Gasteiger partial charge is 0.418 e. The molecule has 2 heterocycles. The number of ether oxygens (including phenoxy) is 1. The van der Waals surface area contributed by atoms with Gasteiger partial charge in [0.2, 0.25) is 0 Å². The Balaban J connectivity index is 1.49. The maximum absolute atomic E-state index is 13.0. The molecule has 2 N–H and O–H groups in total. The van der Waals surface area contributed by atoms with Gasteiger partial charge >= 0.3 is 6.18 Å². The minimum absolute atomic E-state index is 0.00453. The minimum Gasteiger partial charge on any atom is -0.368 e. The van der Waals surface area contributed by atoms with Crippen LogP contribution in [0, 0.1) is 0 Å². The third-order valence-corrected chi connectivity index (χ3v) is 4.90. The van der Waals surface area contributed by atoms with Gasteiger partial charge in [-0.15, -0.1) is 0 Å². The Labute approximate surface area is 155 Å². The summed E-state index contributed by atoms with van der Waals surface area (Å²) >= 11 is 0. The number of hydrogen-bond donors (Lipinski definition) is 2. The highest BCUT2D eigenvalue weighted by molar-refractivity contribution is 5.92. The first kappa shape index (κ1) is 19.6. The van der Waals surface area contributed by atoms with Gasteiger partial charge in [0.25, 0.3) is 11.8 Å². The van der Waals surface area contributed by atoms with Crippen molar-refractivity contribution in [2.45, 2.75) is 25.1 Å². The molecule has 0 aromatic heterocycles. The van der Waals surface area contributed by atoms with Gasteiger partial charge in [-0.05, 0) is 25.0 Å². The van der Waals surface area contributed by atoms with Gasteiger partial charge in [0, 0.05) is 6.61 Å². The Morgan fingerprint density at radius 2 is 1.93 bits per heavy atom.